The first-order chi connectivity index (χ1) is 19.9. The van der Waals surface area contributed by atoms with Gasteiger partial charge in [-0.3, -0.25) is 9.69 Å². The summed E-state index contributed by atoms with van der Waals surface area (Å²) in [6.07, 6.45) is 4.79. The predicted octanol–water partition coefficient (Wildman–Crippen LogP) is 4.00. The number of halogens is 1. The van der Waals surface area contributed by atoms with E-state index in [9.17, 15) is 9.18 Å². The summed E-state index contributed by atoms with van der Waals surface area (Å²) in [6, 6.07) is 12.3. The quantitative estimate of drug-likeness (QED) is 0.227. The number of amides is 1. The van der Waals surface area contributed by atoms with E-state index in [1.54, 1.807) is 24.3 Å². The minimum atomic E-state index is -0.603. The Bertz CT molecular complexity index is 1670. The molecule has 2 fully saturated rings. The van der Waals surface area contributed by atoms with Gasteiger partial charge in [0.25, 0.3) is 0 Å². The van der Waals surface area contributed by atoms with E-state index in [2.05, 4.69) is 38.3 Å². The van der Waals surface area contributed by atoms with Gasteiger partial charge in [0.1, 0.15) is 29.2 Å². The van der Waals surface area contributed by atoms with Crippen molar-refractivity contribution < 1.29 is 13.9 Å². The summed E-state index contributed by atoms with van der Waals surface area (Å²) < 4.78 is 21.1. The first kappa shape index (κ1) is 26.5. The number of ether oxygens (including phenoxy) is 1. The summed E-state index contributed by atoms with van der Waals surface area (Å²) in [7, 11) is 1.93. The van der Waals surface area contributed by atoms with E-state index in [0.717, 1.165) is 61.2 Å². The van der Waals surface area contributed by atoms with Crippen LogP contribution < -0.4 is 10.5 Å². The van der Waals surface area contributed by atoms with Gasteiger partial charge in [0.15, 0.2) is 0 Å². The molecule has 0 aliphatic carbocycles. The van der Waals surface area contributed by atoms with Crippen LogP contribution in [0.5, 0.6) is 11.6 Å². The number of pyridine rings is 1. The van der Waals surface area contributed by atoms with Crippen molar-refractivity contribution in [2.24, 2.45) is 13.0 Å². The number of likely N-dealkylation sites (tertiary alicyclic amines) is 2. The van der Waals surface area contributed by atoms with Crippen molar-refractivity contribution in [2.75, 3.05) is 31.9 Å². The van der Waals surface area contributed by atoms with E-state index in [4.69, 9.17) is 10.5 Å². The van der Waals surface area contributed by atoms with Gasteiger partial charge in [0, 0.05) is 56.8 Å². The summed E-state index contributed by atoms with van der Waals surface area (Å²) in [5.41, 5.74) is 9.60. The van der Waals surface area contributed by atoms with Crippen LogP contribution in [0.1, 0.15) is 18.5 Å². The molecule has 4 aromatic rings. The number of carbonyl (C=O) groups is 1. The van der Waals surface area contributed by atoms with E-state index in [-0.39, 0.29) is 17.7 Å². The second kappa shape index (κ2) is 11.0. The molecule has 41 heavy (non-hydrogen) atoms. The summed E-state index contributed by atoms with van der Waals surface area (Å²) in [5.74, 6) is 7.65. The number of aryl methyl sites for hydroxylation is 1. The molecule has 5 heterocycles. The third kappa shape index (κ3) is 5.24. The molecule has 2 aliphatic rings. The molecule has 1 aromatic carbocycles. The number of carbonyl (C=O) groups excluding carboxylic acids is 1. The average molecular weight is 552 g/mol. The summed E-state index contributed by atoms with van der Waals surface area (Å²) in [4.78, 5) is 28.7. The molecule has 0 radical (unpaired) electrons. The number of nitrogens with two attached hydrogens (primary N) is 1. The third-order valence-corrected chi connectivity index (χ3v) is 7.82. The van der Waals surface area contributed by atoms with Crippen molar-refractivity contribution in [3.05, 3.63) is 73.1 Å². The molecule has 208 valence electrons. The fraction of sp³-hybridized carbons (Fsp3) is 0.290. The molecule has 0 saturated carbocycles. The highest BCUT2D eigenvalue weighted by Gasteiger charge is 2.34. The minimum Gasteiger partial charge on any atom is -0.439 e. The lowest BCUT2D eigenvalue weighted by atomic mass is 9.93. The Morgan fingerprint density at radius 2 is 1.90 bits per heavy atom. The van der Waals surface area contributed by atoms with E-state index in [1.165, 1.54) is 18.5 Å². The maximum atomic E-state index is 13.5. The zero-order valence-electron chi connectivity index (χ0n) is 22.8. The van der Waals surface area contributed by atoms with Gasteiger partial charge in [0.2, 0.25) is 17.7 Å². The van der Waals surface area contributed by atoms with Crippen LogP contribution in [0.4, 0.5) is 10.2 Å². The maximum Gasteiger partial charge on any atom is 0.245 e. The maximum absolute atomic E-state index is 13.5. The lowest BCUT2D eigenvalue weighted by Gasteiger charge is -2.45. The first-order valence-electron chi connectivity index (χ1n) is 13.6. The number of aromatic nitrogens is 4. The van der Waals surface area contributed by atoms with Gasteiger partial charge < -0.3 is 19.9 Å². The molecule has 0 spiro atoms. The number of benzene rings is 1. The highest BCUT2D eigenvalue weighted by molar-refractivity contribution is 6.03. The fourth-order valence-corrected chi connectivity index (χ4v) is 5.61. The van der Waals surface area contributed by atoms with Crippen LogP contribution in [0.15, 0.2) is 61.4 Å². The predicted molar refractivity (Wildman–Crippen MR) is 154 cm³/mol. The number of nitrogens with zero attached hydrogens (tertiary/aromatic N) is 6. The smallest absolute Gasteiger partial charge is 0.245 e. The van der Waals surface area contributed by atoms with Gasteiger partial charge in [0.05, 0.1) is 5.39 Å². The van der Waals surface area contributed by atoms with E-state index in [0.29, 0.717) is 23.3 Å². The Morgan fingerprint density at radius 3 is 2.61 bits per heavy atom. The Kier molecular flexibility index (Phi) is 7.12. The van der Waals surface area contributed by atoms with Crippen LogP contribution in [0, 0.1) is 23.7 Å². The van der Waals surface area contributed by atoms with Gasteiger partial charge in [-0.2, -0.15) is 9.37 Å². The number of piperidine rings is 1. The van der Waals surface area contributed by atoms with Crippen molar-refractivity contribution in [1.82, 2.24) is 29.3 Å². The van der Waals surface area contributed by atoms with Gasteiger partial charge in [-0.1, -0.05) is 30.7 Å². The number of rotatable bonds is 5. The van der Waals surface area contributed by atoms with Crippen LogP contribution in [-0.2, 0) is 11.8 Å². The summed E-state index contributed by atoms with van der Waals surface area (Å²) in [5, 5.41) is 0.746. The molecule has 10 heteroatoms. The number of hydrogen-bond donors (Lipinski definition) is 1. The number of anilines is 1. The summed E-state index contributed by atoms with van der Waals surface area (Å²) in [6.45, 7) is 6.96. The van der Waals surface area contributed by atoms with Crippen molar-refractivity contribution >= 4 is 22.8 Å². The molecular weight excluding hydrogens is 521 g/mol. The molecular formula is C31H30FN7O2. The van der Waals surface area contributed by atoms with Crippen molar-refractivity contribution in [1.29, 1.82) is 0 Å². The highest BCUT2D eigenvalue weighted by Crippen LogP contribution is 2.37. The standard InChI is InChI=1S/C31H30FN7O2/c1-3-27(40)38-15-13-22(14-16-38)39-17-20(18-39)7-12-24-28(29-30(33)34-19-35-31(29)37(24)2)21-8-10-23(11-9-21)41-26-6-4-5-25(32)36-26/h3-6,8-11,19-20,22H,1,13-18H2,2H3,(H2,33,34,35). The molecule has 0 bridgehead atoms. The monoisotopic (exact) mass is 551 g/mol. The number of hydrogen-bond acceptors (Lipinski definition) is 7. The zero-order valence-corrected chi connectivity index (χ0v) is 22.8. The fourth-order valence-electron chi connectivity index (χ4n) is 5.61. The van der Waals surface area contributed by atoms with Gasteiger partial charge in [-0.05, 0) is 48.6 Å². The third-order valence-electron chi connectivity index (χ3n) is 7.82. The van der Waals surface area contributed by atoms with Crippen LogP contribution in [0.3, 0.4) is 0 Å². The Hall–Kier alpha value is -4.75. The van der Waals surface area contributed by atoms with Crippen LogP contribution >= 0.6 is 0 Å². The van der Waals surface area contributed by atoms with E-state index in [1.807, 2.05) is 28.6 Å². The second-order valence-corrected chi connectivity index (χ2v) is 10.3. The Labute approximate surface area is 237 Å². The molecule has 2 aliphatic heterocycles. The minimum absolute atomic E-state index is 0.0117. The van der Waals surface area contributed by atoms with Crippen molar-refractivity contribution in [2.45, 2.75) is 18.9 Å². The second-order valence-electron chi connectivity index (χ2n) is 10.3. The number of fused-ring (bicyclic) bond motifs is 1. The topological polar surface area (TPSA) is 102 Å². The molecule has 3 aromatic heterocycles. The molecule has 2 N–H and O–H groups in total. The Balaban J connectivity index is 1.22. The Morgan fingerprint density at radius 1 is 1.15 bits per heavy atom. The lowest BCUT2D eigenvalue weighted by molar-refractivity contribution is -0.127. The highest BCUT2D eigenvalue weighted by atomic mass is 19.1. The van der Waals surface area contributed by atoms with Crippen LogP contribution in [0.2, 0.25) is 0 Å². The van der Waals surface area contributed by atoms with Gasteiger partial charge in [-0.25, -0.2) is 9.97 Å². The lowest BCUT2D eigenvalue weighted by Crippen LogP contribution is -2.55. The number of nitrogen functional groups attached to an aromatic ring is 1. The van der Waals surface area contributed by atoms with Gasteiger partial charge >= 0.3 is 0 Å². The average Bonchev–Trinajstić information content (AvgIpc) is 3.25. The SMILES string of the molecule is C=CC(=O)N1CCC(N2CC(C#Cc3c(-c4ccc(Oc5cccc(F)n5)cc4)c4c(N)ncnc4n3C)C2)CC1. The normalized spacial score (nSPS) is 16.2. The molecule has 2 saturated heterocycles. The zero-order chi connectivity index (χ0) is 28.5. The van der Waals surface area contributed by atoms with Gasteiger partial charge in [-0.15, -0.1) is 0 Å². The van der Waals surface area contributed by atoms with E-state index >= 15 is 0 Å². The van der Waals surface area contributed by atoms with Crippen LogP contribution in [-0.4, -0.2) is 67.4 Å². The molecule has 6 rings (SSSR count). The van der Waals surface area contributed by atoms with Crippen LogP contribution in [0.25, 0.3) is 22.2 Å². The van der Waals surface area contributed by atoms with E-state index < -0.39 is 5.95 Å². The first-order valence-corrected chi connectivity index (χ1v) is 13.6. The molecule has 0 atom stereocenters. The van der Waals surface area contributed by atoms with Crippen molar-refractivity contribution in [3.63, 3.8) is 0 Å². The van der Waals surface area contributed by atoms with Crippen molar-refractivity contribution in [3.8, 4) is 34.6 Å². The largest absolute Gasteiger partial charge is 0.439 e. The molecule has 9 nitrogen and oxygen atoms in total. The molecule has 1 amide bonds. The summed E-state index contributed by atoms with van der Waals surface area (Å²) >= 11 is 0. The molecule has 0 unspecified atom stereocenters.